The van der Waals surface area contributed by atoms with Gasteiger partial charge in [-0.3, -0.25) is 0 Å². The Hall–Kier alpha value is -1.46. The Morgan fingerprint density at radius 3 is 2.48 bits per heavy atom. The largest absolute Gasteiger partial charge is 0.497 e. The van der Waals surface area contributed by atoms with Gasteiger partial charge in [-0.25, -0.2) is 4.79 Å². The lowest BCUT2D eigenvalue weighted by Gasteiger charge is -2.46. The van der Waals surface area contributed by atoms with E-state index in [0.29, 0.717) is 16.3 Å². The normalized spacial score (nSPS) is 17.1. The molecule has 116 valence electrons. The Morgan fingerprint density at radius 1 is 1.33 bits per heavy atom. The molecule has 1 aliphatic rings. The zero-order valence-corrected chi connectivity index (χ0v) is 13.4. The first-order chi connectivity index (χ1) is 9.63. The lowest BCUT2D eigenvalue weighted by Crippen LogP contribution is -2.61. The fourth-order valence-electron chi connectivity index (χ4n) is 2.17. The third kappa shape index (κ3) is 3.60. The fourth-order valence-corrected chi connectivity index (χ4v) is 2.40. The topological polar surface area (TPSA) is 59.0 Å². The van der Waals surface area contributed by atoms with E-state index in [2.05, 4.69) is 0 Å². The Labute approximate surface area is 129 Å². The molecule has 0 radical (unpaired) electrons. The standard InChI is InChI=1S/C15H20ClNO4/c1-14(2,3)21-13(18)17-8-15(19,9-17)10-5-11(16)7-12(6-10)20-4/h5-7,19H,8-9H2,1-4H3. The molecule has 1 aromatic carbocycles. The number of methoxy groups -OCH3 is 1. The number of hydrogen-bond donors (Lipinski definition) is 1. The first kappa shape index (κ1) is 15.9. The molecule has 0 bridgehead atoms. The van der Waals surface area contributed by atoms with Crippen LogP contribution in [-0.4, -0.2) is 41.9 Å². The van der Waals surface area contributed by atoms with Gasteiger partial charge in [0.1, 0.15) is 17.0 Å². The number of carbonyl (C=O) groups excluding carboxylic acids is 1. The van der Waals surface area contributed by atoms with E-state index in [-0.39, 0.29) is 13.1 Å². The number of likely N-dealkylation sites (tertiary alicyclic amines) is 1. The van der Waals surface area contributed by atoms with Gasteiger partial charge in [0.2, 0.25) is 0 Å². The maximum atomic E-state index is 11.9. The lowest BCUT2D eigenvalue weighted by molar-refractivity contribution is -0.103. The predicted molar refractivity (Wildman–Crippen MR) is 79.7 cm³/mol. The van der Waals surface area contributed by atoms with Gasteiger partial charge in [0, 0.05) is 5.02 Å². The molecule has 1 saturated heterocycles. The SMILES string of the molecule is COc1cc(Cl)cc(C2(O)CN(C(=O)OC(C)(C)C)C2)c1. The number of β-amino-alcohol motifs (C(OH)–C–C–N with tert-alkyl or cyclic N) is 1. The van der Waals surface area contributed by atoms with E-state index in [1.54, 1.807) is 39.0 Å². The molecular weight excluding hydrogens is 294 g/mol. The summed E-state index contributed by atoms with van der Waals surface area (Å²) in [5.41, 5.74) is -1.04. The highest BCUT2D eigenvalue weighted by molar-refractivity contribution is 6.30. The second-order valence-electron chi connectivity index (χ2n) is 6.25. The summed E-state index contributed by atoms with van der Waals surface area (Å²) in [6, 6.07) is 5.06. The van der Waals surface area contributed by atoms with Crippen LogP contribution in [0.4, 0.5) is 4.79 Å². The minimum absolute atomic E-state index is 0.172. The molecule has 0 unspecified atom stereocenters. The van der Waals surface area contributed by atoms with Crippen molar-refractivity contribution in [1.82, 2.24) is 4.90 Å². The number of hydrogen-bond acceptors (Lipinski definition) is 4. The van der Waals surface area contributed by atoms with E-state index in [9.17, 15) is 9.90 Å². The molecule has 1 aliphatic heterocycles. The van der Waals surface area contributed by atoms with Crippen LogP contribution in [0.2, 0.25) is 5.02 Å². The monoisotopic (exact) mass is 313 g/mol. The minimum atomic E-state index is -1.12. The van der Waals surface area contributed by atoms with Crippen molar-refractivity contribution in [1.29, 1.82) is 0 Å². The van der Waals surface area contributed by atoms with E-state index in [1.807, 2.05) is 0 Å². The number of aliphatic hydroxyl groups is 1. The molecule has 1 heterocycles. The van der Waals surface area contributed by atoms with Crippen LogP contribution >= 0.6 is 11.6 Å². The molecule has 0 aromatic heterocycles. The van der Waals surface area contributed by atoms with E-state index in [1.165, 1.54) is 12.0 Å². The Balaban J connectivity index is 2.07. The van der Waals surface area contributed by atoms with Crippen molar-refractivity contribution in [3.63, 3.8) is 0 Å². The van der Waals surface area contributed by atoms with Crippen molar-refractivity contribution < 1.29 is 19.4 Å². The summed E-state index contributed by atoms with van der Waals surface area (Å²) in [5, 5.41) is 11.1. The molecule has 1 aromatic rings. The summed E-state index contributed by atoms with van der Waals surface area (Å²) in [4.78, 5) is 13.3. The van der Waals surface area contributed by atoms with Crippen LogP contribution in [0.1, 0.15) is 26.3 Å². The number of halogens is 1. The molecule has 6 heteroatoms. The minimum Gasteiger partial charge on any atom is -0.497 e. The number of carbonyl (C=O) groups is 1. The molecule has 2 rings (SSSR count). The molecule has 1 amide bonds. The Kier molecular flexibility index (Phi) is 4.08. The summed E-state index contributed by atoms with van der Waals surface area (Å²) in [5.74, 6) is 0.571. The van der Waals surface area contributed by atoms with Gasteiger partial charge in [-0.15, -0.1) is 0 Å². The van der Waals surface area contributed by atoms with Crippen molar-refractivity contribution in [2.75, 3.05) is 20.2 Å². The number of benzene rings is 1. The highest BCUT2D eigenvalue weighted by atomic mass is 35.5. The molecular formula is C15H20ClNO4. The third-order valence-corrected chi connectivity index (χ3v) is 3.42. The van der Waals surface area contributed by atoms with Crippen LogP contribution in [0.15, 0.2) is 18.2 Å². The highest BCUT2D eigenvalue weighted by Gasteiger charge is 2.46. The van der Waals surface area contributed by atoms with E-state index in [0.717, 1.165) is 0 Å². The zero-order chi connectivity index (χ0) is 15.8. The molecule has 21 heavy (non-hydrogen) atoms. The van der Waals surface area contributed by atoms with E-state index < -0.39 is 17.3 Å². The third-order valence-electron chi connectivity index (χ3n) is 3.20. The number of nitrogens with zero attached hydrogens (tertiary/aromatic N) is 1. The molecule has 0 atom stereocenters. The van der Waals surface area contributed by atoms with Gasteiger partial charge in [0.05, 0.1) is 20.2 Å². The van der Waals surface area contributed by atoms with Crippen molar-refractivity contribution in [2.24, 2.45) is 0 Å². The number of amides is 1. The highest BCUT2D eigenvalue weighted by Crippen LogP contribution is 2.36. The average molecular weight is 314 g/mol. The molecule has 1 N–H and O–H groups in total. The maximum absolute atomic E-state index is 11.9. The average Bonchev–Trinajstić information content (AvgIpc) is 2.31. The molecule has 5 nitrogen and oxygen atoms in total. The van der Waals surface area contributed by atoms with Crippen molar-refractivity contribution in [2.45, 2.75) is 32.0 Å². The Bertz CT molecular complexity index is 547. The van der Waals surface area contributed by atoms with Crippen molar-refractivity contribution >= 4 is 17.7 Å². The second-order valence-corrected chi connectivity index (χ2v) is 6.68. The van der Waals surface area contributed by atoms with Gasteiger partial charge >= 0.3 is 6.09 Å². The van der Waals surface area contributed by atoms with Gasteiger partial charge in [-0.1, -0.05) is 11.6 Å². The van der Waals surface area contributed by atoms with Gasteiger partial charge in [-0.05, 0) is 44.5 Å². The summed E-state index contributed by atoms with van der Waals surface area (Å²) in [6.07, 6.45) is -0.429. The summed E-state index contributed by atoms with van der Waals surface area (Å²) >= 11 is 6.01. The van der Waals surface area contributed by atoms with E-state index >= 15 is 0 Å². The molecule has 0 spiro atoms. The first-order valence-corrected chi connectivity index (χ1v) is 7.06. The fraction of sp³-hybridized carbons (Fsp3) is 0.533. The summed E-state index contributed by atoms with van der Waals surface area (Å²) < 4.78 is 10.4. The quantitative estimate of drug-likeness (QED) is 0.912. The molecule has 0 saturated carbocycles. The van der Waals surface area contributed by atoms with Crippen molar-refractivity contribution in [3.05, 3.63) is 28.8 Å². The van der Waals surface area contributed by atoms with Gasteiger partial charge in [-0.2, -0.15) is 0 Å². The second kappa shape index (κ2) is 5.39. The number of ether oxygens (including phenoxy) is 2. The Morgan fingerprint density at radius 2 is 1.95 bits per heavy atom. The van der Waals surface area contributed by atoms with E-state index in [4.69, 9.17) is 21.1 Å². The van der Waals surface area contributed by atoms with Crippen LogP contribution in [-0.2, 0) is 10.3 Å². The van der Waals surface area contributed by atoms with Gasteiger partial charge < -0.3 is 19.5 Å². The molecule has 1 fully saturated rings. The lowest BCUT2D eigenvalue weighted by atomic mass is 9.86. The van der Waals surface area contributed by atoms with Crippen LogP contribution in [0.3, 0.4) is 0 Å². The molecule has 0 aliphatic carbocycles. The van der Waals surface area contributed by atoms with Gasteiger partial charge in [0.25, 0.3) is 0 Å². The van der Waals surface area contributed by atoms with Crippen LogP contribution < -0.4 is 4.74 Å². The van der Waals surface area contributed by atoms with Crippen LogP contribution in [0, 0.1) is 0 Å². The first-order valence-electron chi connectivity index (χ1n) is 6.68. The maximum Gasteiger partial charge on any atom is 0.410 e. The van der Waals surface area contributed by atoms with Crippen molar-refractivity contribution in [3.8, 4) is 5.75 Å². The zero-order valence-electron chi connectivity index (χ0n) is 12.6. The van der Waals surface area contributed by atoms with Gasteiger partial charge in [0.15, 0.2) is 0 Å². The number of rotatable bonds is 2. The van der Waals surface area contributed by atoms with Crippen LogP contribution in [0.5, 0.6) is 5.75 Å². The summed E-state index contributed by atoms with van der Waals surface area (Å²) in [7, 11) is 1.53. The smallest absolute Gasteiger partial charge is 0.410 e. The summed E-state index contributed by atoms with van der Waals surface area (Å²) in [6.45, 7) is 5.76. The van der Waals surface area contributed by atoms with Crippen LogP contribution in [0.25, 0.3) is 0 Å². The predicted octanol–water partition coefficient (Wildman–Crippen LogP) is 2.79.